The lowest BCUT2D eigenvalue weighted by Gasteiger charge is -2.02. The predicted molar refractivity (Wildman–Crippen MR) is 80.8 cm³/mol. The summed E-state index contributed by atoms with van der Waals surface area (Å²) in [7, 11) is 0. The SMILES string of the molecule is O=C(Nc1cn(CCF)nc1C(F)F)c1csc(-c2cn[nH]c2)n1. The van der Waals surface area contributed by atoms with Crippen LogP contribution in [-0.2, 0) is 6.54 Å². The highest BCUT2D eigenvalue weighted by molar-refractivity contribution is 7.13. The molecule has 0 aliphatic heterocycles. The van der Waals surface area contributed by atoms with Gasteiger partial charge in [-0.15, -0.1) is 11.3 Å². The van der Waals surface area contributed by atoms with Crippen LogP contribution in [0.4, 0.5) is 18.9 Å². The van der Waals surface area contributed by atoms with Crippen molar-refractivity contribution in [3.63, 3.8) is 0 Å². The van der Waals surface area contributed by atoms with Crippen molar-refractivity contribution < 1.29 is 18.0 Å². The summed E-state index contributed by atoms with van der Waals surface area (Å²) in [6.45, 7) is -0.922. The molecule has 126 valence electrons. The molecule has 0 unspecified atom stereocenters. The van der Waals surface area contributed by atoms with E-state index in [0.717, 1.165) is 4.68 Å². The smallest absolute Gasteiger partial charge is 0.284 e. The van der Waals surface area contributed by atoms with Crippen LogP contribution in [0, 0.1) is 0 Å². The third-order valence-corrected chi connectivity index (χ3v) is 3.93. The molecule has 1 amide bonds. The largest absolute Gasteiger partial charge is 0.317 e. The summed E-state index contributed by atoms with van der Waals surface area (Å²) in [6.07, 6.45) is 1.45. The highest BCUT2D eigenvalue weighted by Crippen LogP contribution is 2.27. The van der Waals surface area contributed by atoms with E-state index < -0.39 is 24.7 Å². The number of carbonyl (C=O) groups excluding carboxylic acids is 1. The Morgan fingerprint density at radius 2 is 2.29 bits per heavy atom. The molecule has 2 N–H and O–H groups in total. The summed E-state index contributed by atoms with van der Waals surface area (Å²) < 4.78 is 39.3. The summed E-state index contributed by atoms with van der Waals surface area (Å²) in [6, 6.07) is 0. The number of hydrogen-bond acceptors (Lipinski definition) is 5. The summed E-state index contributed by atoms with van der Waals surface area (Å²) in [4.78, 5) is 16.3. The van der Waals surface area contributed by atoms with Gasteiger partial charge in [-0.05, 0) is 0 Å². The molecule has 0 spiro atoms. The molecule has 3 heterocycles. The molecule has 3 aromatic rings. The Morgan fingerprint density at radius 1 is 1.46 bits per heavy atom. The number of amides is 1. The molecular formula is C13H11F3N6OS. The van der Waals surface area contributed by atoms with Gasteiger partial charge in [-0.25, -0.2) is 18.2 Å². The summed E-state index contributed by atoms with van der Waals surface area (Å²) >= 11 is 1.22. The Morgan fingerprint density at radius 3 is 2.96 bits per heavy atom. The van der Waals surface area contributed by atoms with Gasteiger partial charge in [-0.2, -0.15) is 10.2 Å². The Hall–Kier alpha value is -2.69. The van der Waals surface area contributed by atoms with Crippen molar-refractivity contribution in [2.24, 2.45) is 0 Å². The second-order valence-electron chi connectivity index (χ2n) is 4.66. The van der Waals surface area contributed by atoms with Crippen LogP contribution in [0.15, 0.2) is 24.0 Å². The number of hydrogen-bond donors (Lipinski definition) is 2. The number of aromatic nitrogens is 5. The second kappa shape index (κ2) is 6.83. The fraction of sp³-hybridized carbons (Fsp3) is 0.231. The van der Waals surface area contributed by atoms with Gasteiger partial charge in [0.25, 0.3) is 12.3 Å². The van der Waals surface area contributed by atoms with Crippen molar-refractivity contribution in [2.45, 2.75) is 13.0 Å². The molecule has 3 aromatic heterocycles. The van der Waals surface area contributed by atoms with Crippen LogP contribution < -0.4 is 5.32 Å². The van der Waals surface area contributed by atoms with Crippen LogP contribution in [0.25, 0.3) is 10.6 Å². The lowest BCUT2D eigenvalue weighted by molar-refractivity contribution is 0.102. The first-order chi connectivity index (χ1) is 11.6. The van der Waals surface area contributed by atoms with Gasteiger partial charge >= 0.3 is 0 Å². The third-order valence-electron chi connectivity index (χ3n) is 3.04. The van der Waals surface area contributed by atoms with Crippen molar-refractivity contribution in [2.75, 3.05) is 12.0 Å². The van der Waals surface area contributed by atoms with Crippen LogP contribution in [0.3, 0.4) is 0 Å². The summed E-state index contributed by atoms with van der Waals surface area (Å²) in [5.74, 6) is -0.650. The molecular weight excluding hydrogens is 345 g/mol. The number of nitrogens with zero attached hydrogens (tertiary/aromatic N) is 4. The number of alkyl halides is 3. The van der Waals surface area contributed by atoms with E-state index in [-0.39, 0.29) is 17.9 Å². The lowest BCUT2D eigenvalue weighted by atomic mass is 10.3. The maximum atomic E-state index is 13.0. The van der Waals surface area contributed by atoms with Crippen LogP contribution in [0.2, 0.25) is 0 Å². The van der Waals surface area contributed by atoms with Crippen LogP contribution >= 0.6 is 11.3 Å². The molecule has 0 aliphatic rings. The number of anilines is 1. The van der Waals surface area contributed by atoms with Gasteiger partial charge in [-0.3, -0.25) is 14.6 Å². The normalized spacial score (nSPS) is 11.2. The van der Waals surface area contributed by atoms with Crippen molar-refractivity contribution in [3.05, 3.63) is 35.4 Å². The highest BCUT2D eigenvalue weighted by atomic mass is 32.1. The van der Waals surface area contributed by atoms with Crippen molar-refractivity contribution >= 4 is 22.9 Å². The standard InChI is InChI=1S/C13H11F3N6OS/c14-1-2-22-5-8(10(21-22)11(15)16)19-12(23)9-6-24-13(20-9)7-3-17-18-4-7/h3-6,11H,1-2H2,(H,17,18)(H,19,23). The fourth-order valence-corrected chi connectivity index (χ4v) is 2.74. The highest BCUT2D eigenvalue weighted by Gasteiger charge is 2.21. The molecule has 0 aliphatic carbocycles. The van der Waals surface area contributed by atoms with Gasteiger partial charge in [-0.1, -0.05) is 0 Å². The average Bonchev–Trinajstić information content (AvgIpc) is 3.27. The molecule has 7 nitrogen and oxygen atoms in total. The lowest BCUT2D eigenvalue weighted by Crippen LogP contribution is -2.13. The summed E-state index contributed by atoms with van der Waals surface area (Å²) in [5.41, 5.74) is 0.0149. The zero-order valence-corrected chi connectivity index (χ0v) is 12.9. The van der Waals surface area contributed by atoms with Crippen molar-refractivity contribution in [1.82, 2.24) is 25.0 Å². The third kappa shape index (κ3) is 3.30. The van der Waals surface area contributed by atoms with E-state index in [9.17, 15) is 18.0 Å². The van der Waals surface area contributed by atoms with E-state index >= 15 is 0 Å². The van der Waals surface area contributed by atoms with Gasteiger partial charge in [0, 0.05) is 23.3 Å². The molecule has 0 saturated heterocycles. The molecule has 0 saturated carbocycles. The Kier molecular flexibility index (Phi) is 4.60. The van der Waals surface area contributed by atoms with Gasteiger partial charge < -0.3 is 5.32 Å². The van der Waals surface area contributed by atoms with Crippen LogP contribution in [0.1, 0.15) is 22.6 Å². The second-order valence-corrected chi connectivity index (χ2v) is 5.52. The van der Waals surface area contributed by atoms with E-state index in [4.69, 9.17) is 0 Å². The van der Waals surface area contributed by atoms with Crippen LogP contribution in [-0.4, -0.2) is 37.5 Å². The van der Waals surface area contributed by atoms with E-state index in [0.29, 0.717) is 10.6 Å². The average molecular weight is 356 g/mol. The first-order valence-electron chi connectivity index (χ1n) is 6.76. The van der Waals surface area contributed by atoms with E-state index in [2.05, 4.69) is 25.6 Å². The van der Waals surface area contributed by atoms with E-state index in [1.807, 2.05) is 0 Å². The number of aromatic amines is 1. The first kappa shape index (κ1) is 16.2. The molecule has 24 heavy (non-hydrogen) atoms. The molecule has 11 heteroatoms. The zero-order chi connectivity index (χ0) is 17.1. The van der Waals surface area contributed by atoms with E-state index in [1.54, 1.807) is 12.4 Å². The molecule has 0 atom stereocenters. The minimum absolute atomic E-state index is 0.0784. The zero-order valence-electron chi connectivity index (χ0n) is 12.0. The van der Waals surface area contributed by atoms with Crippen molar-refractivity contribution in [1.29, 1.82) is 0 Å². The quantitative estimate of drug-likeness (QED) is 0.711. The van der Waals surface area contributed by atoms with Gasteiger partial charge in [0.2, 0.25) is 0 Å². The number of rotatable bonds is 6. The van der Waals surface area contributed by atoms with Gasteiger partial charge in [0.1, 0.15) is 17.4 Å². The van der Waals surface area contributed by atoms with Gasteiger partial charge in [0.15, 0.2) is 5.69 Å². The molecule has 0 aromatic carbocycles. The molecule has 0 fully saturated rings. The Balaban J connectivity index is 1.79. The topological polar surface area (TPSA) is 88.5 Å². The van der Waals surface area contributed by atoms with Gasteiger partial charge in [0.05, 0.1) is 18.4 Å². The maximum Gasteiger partial charge on any atom is 0.284 e. The molecule has 3 rings (SSSR count). The number of H-pyrrole nitrogens is 1. The number of halogens is 3. The minimum Gasteiger partial charge on any atom is -0.317 e. The Labute approximate surface area is 137 Å². The fourth-order valence-electron chi connectivity index (χ4n) is 1.96. The van der Waals surface area contributed by atoms with E-state index in [1.165, 1.54) is 22.9 Å². The number of nitrogens with one attached hydrogen (secondary N) is 2. The first-order valence-corrected chi connectivity index (χ1v) is 7.64. The minimum atomic E-state index is -2.89. The summed E-state index contributed by atoms with van der Waals surface area (Å²) in [5, 5.41) is 14.4. The number of carbonyl (C=O) groups is 1. The number of aryl methyl sites for hydroxylation is 1. The molecule has 0 bridgehead atoms. The monoisotopic (exact) mass is 356 g/mol. The van der Waals surface area contributed by atoms with Crippen molar-refractivity contribution in [3.8, 4) is 10.6 Å². The number of thiazole rings is 1. The predicted octanol–water partition coefficient (Wildman–Crippen LogP) is 2.89. The van der Waals surface area contributed by atoms with Crippen LogP contribution in [0.5, 0.6) is 0 Å². The molecule has 0 radical (unpaired) electrons. The maximum absolute atomic E-state index is 13.0. The Bertz CT molecular complexity index is 829.